The molecule has 0 saturated carbocycles. The number of nitrogens with zero attached hydrogens (tertiary/aromatic N) is 1. The fraction of sp³-hybridized carbons (Fsp3) is 0.500. The van der Waals surface area contributed by atoms with E-state index >= 15 is 0 Å². The molecule has 0 N–H and O–H groups in total. The Labute approximate surface area is 102 Å². The second-order valence-electron chi connectivity index (χ2n) is 4.26. The topological polar surface area (TPSA) is 31.2 Å². The summed E-state index contributed by atoms with van der Waals surface area (Å²) in [6.45, 7) is 2.16. The van der Waals surface area contributed by atoms with Gasteiger partial charge in [-0.1, -0.05) is 5.92 Å². The molecule has 0 saturated heterocycles. The first kappa shape index (κ1) is 11.8. The zero-order valence-electron chi connectivity index (χ0n) is 10.4. The van der Waals surface area contributed by atoms with Crippen LogP contribution in [-0.2, 0) is 29.4 Å². The van der Waals surface area contributed by atoms with Crippen LogP contribution in [0.4, 0.5) is 0 Å². The van der Waals surface area contributed by atoms with Gasteiger partial charge in [-0.15, -0.1) is 0 Å². The van der Waals surface area contributed by atoms with Crippen LogP contribution in [0.15, 0.2) is 6.20 Å². The number of hydrogen-bond acceptors (Lipinski definition) is 2. The van der Waals surface area contributed by atoms with Crippen LogP contribution in [0.3, 0.4) is 0 Å². The number of fused-ring (bicyclic) bond motifs is 1. The maximum Gasteiger partial charge on any atom is 0.384 e. The van der Waals surface area contributed by atoms with Crippen molar-refractivity contribution in [3.05, 3.63) is 23.0 Å². The summed E-state index contributed by atoms with van der Waals surface area (Å²) < 4.78 is 6.92. The minimum absolute atomic E-state index is 0.375. The zero-order chi connectivity index (χ0) is 12.3. The molecule has 0 atom stereocenters. The lowest BCUT2D eigenvalue weighted by Gasteiger charge is -2.12. The Kier molecular flexibility index (Phi) is 3.53. The summed E-state index contributed by atoms with van der Waals surface area (Å²) in [6, 6.07) is 0. The highest BCUT2D eigenvalue weighted by Crippen LogP contribution is 2.25. The van der Waals surface area contributed by atoms with Crippen molar-refractivity contribution < 1.29 is 9.53 Å². The fourth-order valence-corrected chi connectivity index (χ4v) is 2.31. The van der Waals surface area contributed by atoms with Crippen LogP contribution in [0.5, 0.6) is 0 Å². The van der Waals surface area contributed by atoms with Gasteiger partial charge in [-0.2, -0.15) is 0 Å². The monoisotopic (exact) mass is 231 g/mol. The van der Waals surface area contributed by atoms with E-state index in [-0.39, 0.29) is 0 Å². The summed E-state index contributed by atoms with van der Waals surface area (Å²) in [5.41, 5.74) is 3.66. The molecule has 0 amide bonds. The molecule has 2 rings (SSSR count). The van der Waals surface area contributed by atoms with Gasteiger partial charge >= 0.3 is 5.97 Å². The quantitative estimate of drug-likeness (QED) is 0.545. The zero-order valence-corrected chi connectivity index (χ0v) is 10.4. The van der Waals surface area contributed by atoms with E-state index in [0.29, 0.717) is 6.61 Å². The van der Waals surface area contributed by atoms with E-state index in [1.807, 2.05) is 13.2 Å². The maximum atomic E-state index is 11.2. The predicted octanol–water partition coefficient (Wildman–Crippen LogP) is 1.82. The van der Waals surface area contributed by atoms with E-state index < -0.39 is 5.97 Å². The summed E-state index contributed by atoms with van der Waals surface area (Å²) in [5.74, 6) is 5.03. The van der Waals surface area contributed by atoms with Crippen LogP contribution in [-0.4, -0.2) is 17.1 Å². The largest absolute Gasteiger partial charge is 0.456 e. The second-order valence-corrected chi connectivity index (χ2v) is 4.26. The van der Waals surface area contributed by atoms with Crippen LogP contribution >= 0.6 is 0 Å². The Balaban J connectivity index is 2.24. The number of aromatic nitrogens is 1. The van der Waals surface area contributed by atoms with Crippen LogP contribution in [0.1, 0.15) is 36.6 Å². The van der Waals surface area contributed by atoms with Crippen molar-refractivity contribution in [3.8, 4) is 11.8 Å². The van der Waals surface area contributed by atoms with Crippen LogP contribution < -0.4 is 0 Å². The van der Waals surface area contributed by atoms with Gasteiger partial charge in [0.15, 0.2) is 0 Å². The number of carbonyl (C=O) groups is 1. The standard InChI is InChI=1S/C14H17NO2/c1-3-17-14(16)9-8-11-10-15(2)13-7-5-4-6-12(11)13/h10H,3-7H2,1-2H3. The molecule has 0 spiro atoms. The van der Waals surface area contributed by atoms with Gasteiger partial charge in [0.1, 0.15) is 0 Å². The van der Waals surface area contributed by atoms with Gasteiger partial charge in [0.2, 0.25) is 0 Å². The van der Waals surface area contributed by atoms with Gasteiger partial charge in [-0.05, 0) is 38.2 Å². The van der Waals surface area contributed by atoms with E-state index in [1.54, 1.807) is 6.92 Å². The first-order valence-corrected chi connectivity index (χ1v) is 6.08. The number of rotatable bonds is 1. The molecule has 90 valence electrons. The molecule has 3 heteroatoms. The van der Waals surface area contributed by atoms with E-state index in [9.17, 15) is 4.79 Å². The van der Waals surface area contributed by atoms with Crippen LogP contribution in [0, 0.1) is 11.8 Å². The van der Waals surface area contributed by atoms with Gasteiger partial charge in [0, 0.05) is 30.4 Å². The summed E-state index contributed by atoms with van der Waals surface area (Å²) in [5, 5.41) is 0. The molecule has 3 nitrogen and oxygen atoms in total. The molecule has 1 aromatic heterocycles. The molecule has 0 unspecified atom stereocenters. The van der Waals surface area contributed by atoms with Gasteiger partial charge in [0.05, 0.1) is 6.61 Å². The normalized spacial score (nSPS) is 13.5. The second kappa shape index (κ2) is 5.09. The Morgan fingerprint density at radius 2 is 2.24 bits per heavy atom. The van der Waals surface area contributed by atoms with Crippen molar-refractivity contribution in [1.29, 1.82) is 0 Å². The smallest absolute Gasteiger partial charge is 0.384 e. The van der Waals surface area contributed by atoms with E-state index in [4.69, 9.17) is 4.74 Å². The minimum atomic E-state index is -0.444. The van der Waals surface area contributed by atoms with Crippen LogP contribution in [0.25, 0.3) is 0 Å². The molecular formula is C14H17NO2. The SMILES string of the molecule is CCOC(=O)C#Cc1cn(C)c2c1CCCC2. The Bertz CT molecular complexity index is 488. The molecule has 17 heavy (non-hydrogen) atoms. The maximum absolute atomic E-state index is 11.2. The highest BCUT2D eigenvalue weighted by Gasteiger charge is 2.16. The summed E-state index contributed by atoms with van der Waals surface area (Å²) >= 11 is 0. The average molecular weight is 231 g/mol. The van der Waals surface area contributed by atoms with Gasteiger partial charge in [-0.3, -0.25) is 0 Å². The fourth-order valence-electron chi connectivity index (χ4n) is 2.31. The highest BCUT2D eigenvalue weighted by molar-refractivity contribution is 5.89. The molecule has 1 aromatic rings. The van der Waals surface area contributed by atoms with Gasteiger partial charge < -0.3 is 9.30 Å². The van der Waals surface area contributed by atoms with Crippen molar-refractivity contribution in [2.24, 2.45) is 7.05 Å². The molecule has 0 bridgehead atoms. The van der Waals surface area contributed by atoms with Crippen LogP contribution in [0.2, 0.25) is 0 Å². The predicted molar refractivity (Wildman–Crippen MR) is 65.6 cm³/mol. The Morgan fingerprint density at radius 1 is 1.47 bits per heavy atom. The van der Waals surface area contributed by atoms with E-state index in [1.165, 1.54) is 24.1 Å². The number of ether oxygens (including phenoxy) is 1. The molecule has 0 aliphatic heterocycles. The third kappa shape index (κ3) is 2.52. The van der Waals surface area contributed by atoms with E-state index in [0.717, 1.165) is 18.4 Å². The third-order valence-electron chi connectivity index (χ3n) is 3.09. The molecular weight excluding hydrogens is 214 g/mol. The lowest BCUT2D eigenvalue weighted by molar-refractivity contribution is -0.136. The number of aryl methyl sites for hydroxylation is 1. The number of carbonyl (C=O) groups excluding carboxylic acids is 1. The Hall–Kier alpha value is -1.69. The molecule has 1 aliphatic rings. The van der Waals surface area contributed by atoms with Crippen molar-refractivity contribution in [2.75, 3.05) is 6.61 Å². The lowest BCUT2D eigenvalue weighted by Crippen LogP contribution is -2.05. The van der Waals surface area contributed by atoms with Crippen molar-refractivity contribution in [3.63, 3.8) is 0 Å². The van der Waals surface area contributed by atoms with Gasteiger partial charge in [-0.25, -0.2) is 4.79 Å². The number of esters is 1. The van der Waals surface area contributed by atoms with Crippen molar-refractivity contribution in [1.82, 2.24) is 4.57 Å². The van der Waals surface area contributed by atoms with Crippen molar-refractivity contribution in [2.45, 2.75) is 32.6 Å². The van der Waals surface area contributed by atoms with E-state index in [2.05, 4.69) is 16.4 Å². The third-order valence-corrected chi connectivity index (χ3v) is 3.09. The summed E-state index contributed by atoms with van der Waals surface area (Å²) in [6.07, 6.45) is 6.67. The minimum Gasteiger partial charge on any atom is -0.456 e. The molecule has 0 fully saturated rings. The molecule has 0 radical (unpaired) electrons. The summed E-state index contributed by atoms with van der Waals surface area (Å²) in [7, 11) is 2.04. The first-order valence-electron chi connectivity index (χ1n) is 6.08. The molecule has 1 heterocycles. The Morgan fingerprint density at radius 3 is 3.00 bits per heavy atom. The van der Waals surface area contributed by atoms with Crippen molar-refractivity contribution >= 4 is 5.97 Å². The number of hydrogen-bond donors (Lipinski definition) is 0. The highest BCUT2D eigenvalue weighted by atomic mass is 16.5. The average Bonchev–Trinajstić information content (AvgIpc) is 2.65. The lowest BCUT2D eigenvalue weighted by atomic mass is 9.95. The first-order chi connectivity index (χ1) is 8.22. The summed E-state index contributed by atoms with van der Waals surface area (Å²) in [4.78, 5) is 11.2. The molecule has 0 aromatic carbocycles. The molecule has 1 aliphatic carbocycles. The van der Waals surface area contributed by atoms with Gasteiger partial charge in [0.25, 0.3) is 0 Å².